The molecular formula is C15H22O2. The molecule has 2 nitrogen and oxygen atoms in total. The van der Waals surface area contributed by atoms with E-state index < -0.39 is 0 Å². The molecule has 1 N–H and O–H groups in total. The number of aliphatic hydroxyl groups excluding tert-OH is 1. The van der Waals surface area contributed by atoms with Crippen molar-refractivity contribution in [1.82, 2.24) is 0 Å². The van der Waals surface area contributed by atoms with Crippen LogP contribution >= 0.6 is 0 Å². The molecule has 0 bridgehead atoms. The van der Waals surface area contributed by atoms with Crippen molar-refractivity contribution < 1.29 is 9.84 Å². The maximum atomic E-state index is 9.98. The van der Waals surface area contributed by atoms with E-state index in [1.54, 1.807) is 0 Å². The molecular weight excluding hydrogens is 212 g/mol. The van der Waals surface area contributed by atoms with E-state index in [4.69, 9.17) is 4.74 Å². The van der Waals surface area contributed by atoms with E-state index in [9.17, 15) is 5.11 Å². The lowest BCUT2D eigenvalue weighted by Crippen LogP contribution is -2.37. The van der Waals surface area contributed by atoms with Crippen molar-refractivity contribution in [3.05, 3.63) is 29.3 Å². The largest absolute Gasteiger partial charge is 0.487 e. The monoisotopic (exact) mass is 234 g/mol. The highest BCUT2D eigenvalue weighted by molar-refractivity contribution is 5.36. The Hall–Kier alpha value is -1.02. The molecule has 3 unspecified atom stereocenters. The third-order valence-corrected chi connectivity index (χ3v) is 3.64. The van der Waals surface area contributed by atoms with Crippen molar-refractivity contribution >= 4 is 0 Å². The highest BCUT2D eigenvalue weighted by atomic mass is 16.5. The van der Waals surface area contributed by atoms with Gasteiger partial charge in [-0.2, -0.15) is 0 Å². The van der Waals surface area contributed by atoms with Gasteiger partial charge >= 0.3 is 0 Å². The molecule has 0 heterocycles. The van der Waals surface area contributed by atoms with Crippen LogP contribution in [0, 0.1) is 19.8 Å². The lowest BCUT2D eigenvalue weighted by atomic mass is 9.86. The van der Waals surface area contributed by atoms with Crippen LogP contribution in [-0.2, 0) is 0 Å². The van der Waals surface area contributed by atoms with Crippen molar-refractivity contribution in [2.24, 2.45) is 5.92 Å². The molecule has 1 aliphatic carbocycles. The molecule has 0 spiro atoms. The van der Waals surface area contributed by atoms with Gasteiger partial charge in [0.05, 0.1) is 6.10 Å². The molecule has 1 aromatic rings. The van der Waals surface area contributed by atoms with E-state index in [0.29, 0.717) is 5.92 Å². The quantitative estimate of drug-likeness (QED) is 0.851. The zero-order valence-corrected chi connectivity index (χ0v) is 10.9. The molecule has 0 radical (unpaired) electrons. The minimum Gasteiger partial charge on any atom is -0.487 e. The third-order valence-electron chi connectivity index (χ3n) is 3.64. The summed E-state index contributed by atoms with van der Waals surface area (Å²) in [5.41, 5.74) is 2.34. The summed E-state index contributed by atoms with van der Waals surface area (Å²) in [6.45, 7) is 6.34. The summed E-state index contributed by atoms with van der Waals surface area (Å²) in [5, 5.41) is 9.98. The van der Waals surface area contributed by atoms with E-state index in [2.05, 4.69) is 32.0 Å². The predicted octanol–water partition coefficient (Wildman–Crippen LogP) is 3.23. The van der Waals surface area contributed by atoms with Gasteiger partial charge in [0, 0.05) is 0 Å². The second kappa shape index (κ2) is 5.09. The Kier molecular flexibility index (Phi) is 3.72. The molecule has 3 atom stereocenters. The van der Waals surface area contributed by atoms with Crippen LogP contribution in [0.5, 0.6) is 5.75 Å². The van der Waals surface area contributed by atoms with E-state index in [0.717, 1.165) is 30.6 Å². The van der Waals surface area contributed by atoms with Crippen LogP contribution in [0.3, 0.4) is 0 Å². The van der Waals surface area contributed by atoms with Gasteiger partial charge in [-0.05, 0) is 56.2 Å². The van der Waals surface area contributed by atoms with Crippen LogP contribution in [0.1, 0.15) is 37.3 Å². The number of rotatable bonds is 2. The smallest absolute Gasteiger partial charge is 0.125 e. The molecule has 0 aliphatic heterocycles. The Morgan fingerprint density at radius 2 is 2.00 bits per heavy atom. The fourth-order valence-corrected chi connectivity index (χ4v) is 2.44. The molecule has 0 saturated heterocycles. The molecule has 2 rings (SSSR count). The molecule has 0 amide bonds. The summed E-state index contributed by atoms with van der Waals surface area (Å²) in [6.07, 6.45) is 2.56. The van der Waals surface area contributed by atoms with Crippen molar-refractivity contribution in [3.63, 3.8) is 0 Å². The Morgan fingerprint density at radius 1 is 1.24 bits per heavy atom. The number of hydrogen-bond acceptors (Lipinski definition) is 2. The molecule has 1 aliphatic rings. The van der Waals surface area contributed by atoms with Crippen molar-refractivity contribution in [1.29, 1.82) is 0 Å². The summed E-state index contributed by atoms with van der Waals surface area (Å²) in [5.74, 6) is 1.57. The second-order valence-corrected chi connectivity index (χ2v) is 5.41. The van der Waals surface area contributed by atoms with Crippen LogP contribution < -0.4 is 4.74 Å². The first-order chi connectivity index (χ1) is 8.06. The number of aliphatic hydroxyl groups is 1. The molecule has 1 aromatic carbocycles. The average molecular weight is 234 g/mol. The summed E-state index contributed by atoms with van der Waals surface area (Å²) >= 11 is 0. The van der Waals surface area contributed by atoms with Crippen LogP contribution in [0.25, 0.3) is 0 Å². The SMILES string of the molecule is Cc1ccc(C)c(OC2CC(C)CCC2O)c1. The van der Waals surface area contributed by atoms with Gasteiger partial charge in [0.25, 0.3) is 0 Å². The first kappa shape index (κ1) is 12.4. The standard InChI is InChI=1S/C15H22O2/c1-10-4-6-12(3)14(8-10)17-15-9-11(2)5-7-13(15)16/h4,6,8,11,13,15-16H,5,7,9H2,1-3H3. The Morgan fingerprint density at radius 3 is 2.76 bits per heavy atom. The Bertz CT molecular complexity index is 387. The Labute approximate surface area is 104 Å². The zero-order valence-electron chi connectivity index (χ0n) is 10.9. The number of hydrogen-bond donors (Lipinski definition) is 1. The van der Waals surface area contributed by atoms with Crippen molar-refractivity contribution in [2.45, 2.75) is 52.2 Å². The summed E-state index contributed by atoms with van der Waals surface area (Å²) < 4.78 is 6.00. The van der Waals surface area contributed by atoms with Gasteiger partial charge < -0.3 is 9.84 Å². The minimum atomic E-state index is -0.314. The maximum absolute atomic E-state index is 9.98. The zero-order chi connectivity index (χ0) is 12.4. The van der Waals surface area contributed by atoms with E-state index in [1.807, 2.05) is 6.92 Å². The molecule has 94 valence electrons. The fourth-order valence-electron chi connectivity index (χ4n) is 2.44. The van der Waals surface area contributed by atoms with E-state index >= 15 is 0 Å². The highest BCUT2D eigenvalue weighted by Gasteiger charge is 2.28. The highest BCUT2D eigenvalue weighted by Crippen LogP contribution is 2.29. The molecule has 1 fully saturated rings. The molecule has 17 heavy (non-hydrogen) atoms. The molecule has 1 saturated carbocycles. The number of benzene rings is 1. The van der Waals surface area contributed by atoms with Gasteiger partial charge in [0.1, 0.15) is 11.9 Å². The second-order valence-electron chi connectivity index (χ2n) is 5.41. The minimum absolute atomic E-state index is 0.0424. The Balaban J connectivity index is 2.11. The van der Waals surface area contributed by atoms with Gasteiger partial charge in [-0.15, -0.1) is 0 Å². The van der Waals surface area contributed by atoms with Crippen molar-refractivity contribution in [3.8, 4) is 5.75 Å². The first-order valence-corrected chi connectivity index (χ1v) is 6.48. The normalized spacial score (nSPS) is 29.1. The first-order valence-electron chi connectivity index (χ1n) is 6.48. The van der Waals surface area contributed by atoms with Gasteiger partial charge in [-0.1, -0.05) is 19.1 Å². The molecule has 0 aromatic heterocycles. The van der Waals surface area contributed by atoms with Gasteiger partial charge in [0.15, 0.2) is 0 Å². The topological polar surface area (TPSA) is 29.5 Å². The number of aryl methyl sites for hydroxylation is 2. The predicted molar refractivity (Wildman–Crippen MR) is 69.4 cm³/mol. The van der Waals surface area contributed by atoms with Crippen LogP contribution in [-0.4, -0.2) is 17.3 Å². The number of ether oxygens (including phenoxy) is 1. The van der Waals surface area contributed by atoms with E-state index in [-0.39, 0.29) is 12.2 Å². The average Bonchev–Trinajstić information content (AvgIpc) is 2.28. The van der Waals surface area contributed by atoms with Gasteiger partial charge in [-0.3, -0.25) is 0 Å². The third kappa shape index (κ3) is 3.01. The van der Waals surface area contributed by atoms with E-state index in [1.165, 1.54) is 5.56 Å². The van der Waals surface area contributed by atoms with Crippen LogP contribution in [0.15, 0.2) is 18.2 Å². The van der Waals surface area contributed by atoms with Crippen LogP contribution in [0.4, 0.5) is 0 Å². The van der Waals surface area contributed by atoms with Crippen LogP contribution in [0.2, 0.25) is 0 Å². The lowest BCUT2D eigenvalue weighted by Gasteiger charge is -2.32. The summed E-state index contributed by atoms with van der Waals surface area (Å²) in [7, 11) is 0. The summed E-state index contributed by atoms with van der Waals surface area (Å²) in [6, 6.07) is 6.22. The lowest BCUT2D eigenvalue weighted by molar-refractivity contribution is -0.00791. The van der Waals surface area contributed by atoms with Gasteiger partial charge in [0.2, 0.25) is 0 Å². The maximum Gasteiger partial charge on any atom is 0.125 e. The van der Waals surface area contributed by atoms with Crippen molar-refractivity contribution in [2.75, 3.05) is 0 Å². The fraction of sp³-hybridized carbons (Fsp3) is 0.600. The molecule has 2 heteroatoms. The summed E-state index contributed by atoms with van der Waals surface area (Å²) in [4.78, 5) is 0. The van der Waals surface area contributed by atoms with Gasteiger partial charge in [-0.25, -0.2) is 0 Å².